The van der Waals surface area contributed by atoms with Crippen molar-refractivity contribution in [3.63, 3.8) is 0 Å². The summed E-state index contributed by atoms with van der Waals surface area (Å²) in [5, 5.41) is 2.24. The predicted octanol–water partition coefficient (Wildman–Crippen LogP) is 2.77. The van der Waals surface area contributed by atoms with Crippen LogP contribution < -0.4 is 10.6 Å². The highest BCUT2D eigenvalue weighted by Gasteiger charge is 2.42. The van der Waals surface area contributed by atoms with E-state index in [0.29, 0.717) is 6.54 Å². The Morgan fingerprint density at radius 1 is 1.26 bits per heavy atom. The van der Waals surface area contributed by atoms with Gasteiger partial charge in [0.15, 0.2) is 0 Å². The number of hydrogen-bond donors (Lipinski definition) is 1. The van der Waals surface area contributed by atoms with Gasteiger partial charge in [0.25, 0.3) is 5.91 Å². The minimum absolute atomic E-state index is 0.113. The molecular weight excluding hydrogens is 236 g/mol. The van der Waals surface area contributed by atoms with E-state index < -0.39 is 0 Å². The molecule has 96 valence electrons. The van der Waals surface area contributed by atoms with Crippen LogP contribution in [-0.4, -0.2) is 12.5 Å². The number of nitrogens with two attached hydrogens (primary N) is 1. The van der Waals surface area contributed by atoms with Crippen molar-refractivity contribution >= 4 is 22.4 Å². The lowest BCUT2D eigenvalue weighted by atomic mass is 9.95. The summed E-state index contributed by atoms with van der Waals surface area (Å²) >= 11 is 0. The van der Waals surface area contributed by atoms with E-state index in [0.717, 1.165) is 34.9 Å². The summed E-state index contributed by atoms with van der Waals surface area (Å²) in [4.78, 5) is 14.2. The third-order valence-corrected chi connectivity index (χ3v) is 4.43. The molecule has 1 heterocycles. The Balaban J connectivity index is 2.09. The van der Waals surface area contributed by atoms with E-state index in [1.807, 2.05) is 24.0 Å². The van der Waals surface area contributed by atoms with Crippen LogP contribution in [0.25, 0.3) is 10.8 Å². The monoisotopic (exact) mass is 252 g/mol. The first kappa shape index (κ1) is 11.0. The van der Waals surface area contributed by atoms with Gasteiger partial charge in [0, 0.05) is 23.0 Å². The topological polar surface area (TPSA) is 46.3 Å². The highest BCUT2D eigenvalue weighted by Crippen LogP contribution is 2.48. The SMILES string of the molecule is CCN1C(=O)c2cccc3c(C4(N)CC4)ccc1c23. The fraction of sp³-hybridized carbons (Fsp3) is 0.312. The maximum Gasteiger partial charge on any atom is 0.258 e. The number of amides is 1. The molecule has 2 aliphatic rings. The standard InChI is InChI=1S/C16H16N2O/c1-2-18-13-7-6-12(16(17)8-9-16)10-4-3-5-11(14(10)13)15(18)19/h3-7H,2,8-9,17H2,1H3. The van der Waals surface area contributed by atoms with Crippen LogP contribution in [0, 0.1) is 0 Å². The third-order valence-electron chi connectivity index (χ3n) is 4.43. The van der Waals surface area contributed by atoms with Crippen molar-refractivity contribution in [3.05, 3.63) is 41.5 Å². The molecule has 0 saturated heterocycles. The molecule has 0 radical (unpaired) electrons. The quantitative estimate of drug-likeness (QED) is 0.893. The van der Waals surface area contributed by atoms with Gasteiger partial charge in [0.1, 0.15) is 0 Å². The van der Waals surface area contributed by atoms with Crippen molar-refractivity contribution in [2.24, 2.45) is 5.73 Å². The van der Waals surface area contributed by atoms with E-state index in [-0.39, 0.29) is 11.4 Å². The average Bonchev–Trinajstić information content (AvgIpc) is 3.10. The fourth-order valence-corrected chi connectivity index (χ4v) is 3.20. The van der Waals surface area contributed by atoms with Gasteiger partial charge in [-0.25, -0.2) is 0 Å². The summed E-state index contributed by atoms with van der Waals surface area (Å²) in [5.41, 5.74) is 9.24. The average molecular weight is 252 g/mol. The van der Waals surface area contributed by atoms with Gasteiger partial charge < -0.3 is 10.6 Å². The Bertz CT molecular complexity index is 716. The molecule has 0 unspecified atom stereocenters. The van der Waals surface area contributed by atoms with Gasteiger partial charge in [0.05, 0.1) is 5.69 Å². The summed E-state index contributed by atoms with van der Waals surface area (Å²) in [6, 6.07) is 10.1. The van der Waals surface area contributed by atoms with Crippen LogP contribution in [0.15, 0.2) is 30.3 Å². The van der Waals surface area contributed by atoms with Gasteiger partial charge in [-0.05, 0) is 42.8 Å². The second-order valence-electron chi connectivity index (χ2n) is 5.57. The lowest BCUT2D eigenvalue weighted by Gasteiger charge is -2.17. The van der Waals surface area contributed by atoms with Crippen molar-refractivity contribution in [2.45, 2.75) is 25.3 Å². The van der Waals surface area contributed by atoms with Crippen LogP contribution in [0.2, 0.25) is 0 Å². The molecule has 0 spiro atoms. The van der Waals surface area contributed by atoms with Crippen LogP contribution in [0.3, 0.4) is 0 Å². The van der Waals surface area contributed by atoms with Crippen molar-refractivity contribution in [3.8, 4) is 0 Å². The Hall–Kier alpha value is -1.87. The number of rotatable bonds is 2. The molecule has 2 aromatic carbocycles. The van der Waals surface area contributed by atoms with E-state index in [1.165, 1.54) is 5.56 Å². The summed E-state index contributed by atoms with van der Waals surface area (Å²) in [6.07, 6.45) is 2.08. The predicted molar refractivity (Wildman–Crippen MR) is 76.4 cm³/mol. The zero-order chi connectivity index (χ0) is 13.2. The molecule has 2 N–H and O–H groups in total. The van der Waals surface area contributed by atoms with Crippen LogP contribution >= 0.6 is 0 Å². The van der Waals surface area contributed by atoms with Crippen LogP contribution in [0.1, 0.15) is 35.7 Å². The van der Waals surface area contributed by atoms with E-state index in [1.54, 1.807) is 0 Å². The number of nitrogens with zero attached hydrogens (tertiary/aromatic N) is 1. The number of benzene rings is 2. The van der Waals surface area contributed by atoms with E-state index in [4.69, 9.17) is 5.73 Å². The van der Waals surface area contributed by atoms with Gasteiger partial charge in [0.2, 0.25) is 0 Å². The molecule has 1 aliphatic heterocycles. The summed E-state index contributed by atoms with van der Waals surface area (Å²) in [7, 11) is 0. The van der Waals surface area contributed by atoms with Crippen molar-refractivity contribution in [2.75, 3.05) is 11.4 Å². The van der Waals surface area contributed by atoms with E-state index >= 15 is 0 Å². The summed E-state index contributed by atoms with van der Waals surface area (Å²) in [6.45, 7) is 2.71. The Morgan fingerprint density at radius 2 is 2.05 bits per heavy atom. The Kier molecular flexibility index (Phi) is 1.95. The molecule has 4 rings (SSSR count). The molecule has 1 amide bonds. The zero-order valence-electron chi connectivity index (χ0n) is 10.9. The fourth-order valence-electron chi connectivity index (χ4n) is 3.20. The molecule has 3 nitrogen and oxygen atoms in total. The Morgan fingerprint density at radius 3 is 2.74 bits per heavy atom. The van der Waals surface area contributed by atoms with Crippen LogP contribution in [0.4, 0.5) is 5.69 Å². The molecule has 0 atom stereocenters. The maximum absolute atomic E-state index is 12.4. The lowest BCUT2D eigenvalue weighted by Crippen LogP contribution is -2.26. The minimum atomic E-state index is -0.167. The highest BCUT2D eigenvalue weighted by molar-refractivity contribution is 6.25. The second kappa shape index (κ2) is 3.36. The first-order chi connectivity index (χ1) is 9.15. The summed E-state index contributed by atoms with van der Waals surface area (Å²) in [5.74, 6) is 0.113. The van der Waals surface area contributed by atoms with Crippen LogP contribution in [0.5, 0.6) is 0 Å². The molecule has 3 heteroatoms. The van der Waals surface area contributed by atoms with Gasteiger partial charge >= 0.3 is 0 Å². The molecule has 1 aliphatic carbocycles. The lowest BCUT2D eigenvalue weighted by molar-refractivity contribution is 0.0994. The molecule has 0 bridgehead atoms. The zero-order valence-corrected chi connectivity index (χ0v) is 10.9. The number of carbonyl (C=O) groups excluding carboxylic acids is 1. The van der Waals surface area contributed by atoms with E-state index in [2.05, 4.69) is 18.2 Å². The Labute approximate surface area is 112 Å². The first-order valence-corrected chi connectivity index (χ1v) is 6.83. The maximum atomic E-state index is 12.4. The molecular formula is C16H16N2O. The summed E-state index contributed by atoms with van der Waals surface area (Å²) < 4.78 is 0. The molecule has 1 fully saturated rings. The second-order valence-corrected chi connectivity index (χ2v) is 5.57. The van der Waals surface area contributed by atoms with Gasteiger partial charge in [-0.15, -0.1) is 0 Å². The largest absolute Gasteiger partial charge is 0.321 e. The highest BCUT2D eigenvalue weighted by atomic mass is 16.2. The minimum Gasteiger partial charge on any atom is -0.321 e. The molecule has 19 heavy (non-hydrogen) atoms. The van der Waals surface area contributed by atoms with Crippen molar-refractivity contribution < 1.29 is 4.79 Å². The normalized spacial score (nSPS) is 19.3. The number of carbonyl (C=O) groups is 1. The number of anilines is 1. The molecule has 1 saturated carbocycles. The van der Waals surface area contributed by atoms with E-state index in [9.17, 15) is 4.79 Å². The van der Waals surface area contributed by atoms with Crippen LogP contribution in [-0.2, 0) is 5.54 Å². The van der Waals surface area contributed by atoms with Gasteiger partial charge in [-0.2, -0.15) is 0 Å². The number of hydrogen-bond acceptors (Lipinski definition) is 2. The molecule has 2 aromatic rings. The van der Waals surface area contributed by atoms with Crippen molar-refractivity contribution in [1.29, 1.82) is 0 Å². The van der Waals surface area contributed by atoms with Gasteiger partial charge in [-0.3, -0.25) is 4.79 Å². The van der Waals surface area contributed by atoms with Gasteiger partial charge in [-0.1, -0.05) is 18.2 Å². The molecule has 0 aromatic heterocycles. The van der Waals surface area contributed by atoms with Crippen molar-refractivity contribution in [1.82, 2.24) is 0 Å². The first-order valence-electron chi connectivity index (χ1n) is 6.83. The third kappa shape index (κ3) is 1.28. The smallest absolute Gasteiger partial charge is 0.258 e.